The molecule has 16 heavy (non-hydrogen) atoms. The Morgan fingerprint density at radius 3 is 2.69 bits per heavy atom. The Balaban J connectivity index is 2.37. The maximum Gasteiger partial charge on any atom is 0.164 e. The summed E-state index contributed by atoms with van der Waals surface area (Å²) in [7, 11) is 0. The molecule has 0 fully saturated rings. The second-order valence-electron chi connectivity index (χ2n) is 4.66. The average Bonchev–Trinajstić information content (AvgIpc) is 2.29. The maximum atomic E-state index is 6.03. The van der Waals surface area contributed by atoms with Crippen molar-refractivity contribution in [1.82, 2.24) is 5.06 Å². The van der Waals surface area contributed by atoms with E-state index in [9.17, 15) is 0 Å². The zero-order chi connectivity index (χ0) is 11.8. The molecule has 1 aliphatic heterocycles. The normalized spacial score (nSPS) is 15.2. The van der Waals surface area contributed by atoms with Gasteiger partial charge in [-0.05, 0) is 32.4 Å². The van der Waals surface area contributed by atoms with Gasteiger partial charge < -0.3 is 10.6 Å². The standard InChI is InChI=1S/C13H18N2O/c1-4-13(2,3)15-9-11(14)10-7-5-6-8-12(10)16-15/h5-9H,4,14H2,1-3H3. The molecule has 86 valence electrons. The van der Waals surface area contributed by atoms with E-state index in [1.165, 1.54) is 0 Å². The van der Waals surface area contributed by atoms with Gasteiger partial charge in [0.25, 0.3) is 0 Å². The molecule has 1 aliphatic rings. The largest absolute Gasteiger partial charge is 0.397 e. The molecule has 0 aromatic heterocycles. The number of fused-ring (bicyclic) bond motifs is 1. The molecule has 1 aromatic carbocycles. The fourth-order valence-corrected chi connectivity index (χ4v) is 1.57. The van der Waals surface area contributed by atoms with Crippen LogP contribution >= 0.6 is 0 Å². The lowest BCUT2D eigenvalue weighted by Gasteiger charge is -2.38. The van der Waals surface area contributed by atoms with Gasteiger partial charge in [0, 0.05) is 5.56 Å². The molecule has 2 rings (SSSR count). The molecule has 0 bridgehead atoms. The van der Waals surface area contributed by atoms with E-state index in [-0.39, 0.29) is 5.54 Å². The van der Waals surface area contributed by atoms with Gasteiger partial charge >= 0.3 is 0 Å². The predicted octanol–water partition coefficient (Wildman–Crippen LogP) is 2.74. The average molecular weight is 218 g/mol. The highest BCUT2D eigenvalue weighted by molar-refractivity contribution is 5.68. The summed E-state index contributed by atoms with van der Waals surface area (Å²) in [5.41, 5.74) is 7.69. The van der Waals surface area contributed by atoms with E-state index < -0.39 is 0 Å². The molecule has 3 heteroatoms. The van der Waals surface area contributed by atoms with Gasteiger partial charge in [0.05, 0.1) is 17.4 Å². The quantitative estimate of drug-likeness (QED) is 0.829. The molecule has 1 aromatic rings. The number of hydroxylamine groups is 2. The number of benzene rings is 1. The van der Waals surface area contributed by atoms with Crippen molar-refractivity contribution in [3.63, 3.8) is 0 Å². The fourth-order valence-electron chi connectivity index (χ4n) is 1.57. The predicted molar refractivity (Wildman–Crippen MR) is 65.4 cm³/mol. The van der Waals surface area contributed by atoms with Gasteiger partial charge in [-0.15, -0.1) is 0 Å². The van der Waals surface area contributed by atoms with Gasteiger partial charge in [0.15, 0.2) is 5.75 Å². The molecule has 0 radical (unpaired) electrons. The van der Waals surface area contributed by atoms with Crippen LogP contribution in [0.3, 0.4) is 0 Å². The van der Waals surface area contributed by atoms with E-state index in [1.54, 1.807) is 0 Å². The lowest BCUT2D eigenvalue weighted by Crippen LogP contribution is -2.43. The van der Waals surface area contributed by atoms with E-state index in [0.717, 1.165) is 23.4 Å². The van der Waals surface area contributed by atoms with Crippen molar-refractivity contribution in [3.8, 4) is 5.75 Å². The van der Waals surface area contributed by atoms with Crippen molar-refractivity contribution in [2.24, 2.45) is 5.73 Å². The number of rotatable bonds is 2. The first-order valence-electron chi connectivity index (χ1n) is 5.58. The van der Waals surface area contributed by atoms with Crippen LogP contribution in [0.2, 0.25) is 0 Å². The molecular formula is C13H18N2O. The van der Waals surface area contributed by atoms with Crippen LogP contribution in [-0.2, 0) is 0 Å². The summed E-state index contributed by atoms with van der Waals surface area (Å²) in [6, 6.07) is 7.82. The molecular weight excluding hydrogens is 200 g/mol. The van der Waals surface area contributed by atoms with E-state index in [1.807, 2.05) is 35.5 Å². The lowest BCUT2D eigenvalue weighted by atomic mass is 10.0. The number of hydrogen-bond acceptors (Lipinski definition) is 3. The van der Waals surface area contributed by atoms with Gasteiger partial charge in [-0.1, -0.05) is 19.1 Å². The summed E-state index contributed by atoms with van der Waals surface area (Å²) < 4.78 is 0. The molecule has 0 spiro atoms. The van der Waals surface area contributed by atoms with E-state index in [2.05, 4.69) is 20.8 Å². The van der Waals surface area contributed by atoms with Crippen LogP contribution in [-0.4, -0.2) is 10.6 Å². The van der Waals surface area contributed by atoms with Crippen molar-refractivity contribution < 1.29 is 4.84 Å². The highest BCUT2D eigenvalue weighted by Crippen LogP contribution is 2.32. The highest BCUT2D eigenvalue weighted by atomic mass is 16.7. The Morgan fingerprint density at radius 2 is 2.00 bits per heavy atom. The van der Waals surface area contributed by atoms with Crippen LogP contribution in [0, 0.1) is 0 Å². The SMILES string of the molecule is CCC(C)(C)N1C=C(N)c2ccccc2O1. The topological polar surface area (TPSA) is 38.5 Å². The van der Waals surface area contributed by atoms with Crippen LogP contribution in [0.15, 0.2) is 30.5 Å². The van der Waals surface area contributed by atoms with Crippen LogP contribution < -0.4 is 10.6 Å². The number of hydrogen-bond donors (Lipinski definition) is 1. The summed E-state index contributed by atoms with van der Waals surface area (Å²) in [6.07, 6.45) is 2.85. The third-order valence-electron chi connectivity index (χ3n) is 3.11. The monoisotopic (exact) mass is 218 g/mol. The number of nitrogens with zero attached hydrogens (tertiary/aromatic N) is 1. The summed E-state index contributed by atoms with van der Waals surface area (Å²) >= 11 is 0. The first-order chi connectivity index (χ1) is 7.54. The number of para-hydroxylation sites is 1. The van der Waals surface area contributed by atoms with Crippen LogP contribution in [0.25, 0.3) is 5.70 Å². The lowest BCUT2D eigenvalue weighted by molar-refractivity contribution is -0.0910. The minimum atomic E-state index is -0.0574. The summed E-state index contributed by atoms with van der Waals surface area (Å²) in [5.74, 6) is 0.823. The Morgan fingerprint density at radius 1 is 1.31 bits per heavy atom. The van der Waals surface area contributed by atoms with Crippen molar-refractivity contribution in [3.05, 3.63) is 36.0 Å². The smallest absolute Gasteiger partial charge is 0.164 e. The van der Waals surface area contributed by atoms with Crippen LogP contribution in [0.5, 0.6) is 5.75 Å². The minimum Gasteiger partial charge on any atom is -0.397 e. The maximum absolute atomic E-state index is 6.03. The van der Waals surface area contributed by atoms with Gasteiger partial charge in [-0.2, -0.15) is 0 Å². The first kappa shape index (κ1) is 10.9. The molecule has 3 nitrogen and oxygen atoms in total. The molecule has 0 saturated carbocycles. The summed E-state index contributed by atoms with van der Waals surface area (Å²) in [6.45, 7) is 6.39. The van der Waals surface area contributed by atoms with Gasteiger partial charge in [-0.25, -0.2) is 5.06 Å². The van der Waals surface area contributed by atoms with Crippen molar-refractivity contribution >= 4 is 5.70 Å². The van der Waals surface area contributed by atoms with Crippen molar-refractivity contribution in [2.75, 3.05) is 0 Å². The Kier molecular flexibility index (Phi) is 2.54. The van der Waals surface area contributed by atoms with E-state index >= 15 is 0 Å². The van der Waals surface area contributed by atoms with Gasteiger partial charge in [0.1, 0.15) is 0 Å². The van der Waals surface area contributed by atoms with Crippen molar-refractivity contribution in [2.45, 2.75) is 32.7 Å². The molecule has 0 aliphatic carbocycles. The molecule has 1 heterocycles. The molecule has 2 N–H and O–H groups in total. The third-order valence-corrected chi connectivity index (χ3v) is 3.11. The molecule has 0 amide bonds. The number of nitrogens with two attached hydrogens (primary N) is 1. The summed E-state index contributed by atoms with van der Waals surface area (Å²) in [5, 5.41) is 1.84. The molecule has 0 unspecified atom stereocenters. The second-order valence-corrected chi connectivity index (χ2v) is 4.66. The highest BCUT2D eigenvalue weighted by Gasteiger charge is 2.28. The van der Waals surface area contributed by atoms with Gasteiger partial charge in [0.2, 0.25) is 0 Å². The van der Waals surface area contributed by atoms with Crippen LogP contribution in [0.4, 0.5) is 0 Å². The van der Waals surface area contributed by atoms with E-state index in [0.29, 0.717) is 0 Å². The Bertz CT molecular complexity index is 424. The summed E-state index contributed by atoms with van der Waals surface area (Å²) in [4.78, 5) is 5.83. The Labute approximate surface area is 96.5 Å². The third kappa shape index (κ3) is 1.73. The first-order valence-corrected chi connectivity index (χ1v) is 5.58. The molecule has 0 atom stereocenters. The molecule has 0 saturated heterocycles. The van der Waals surface area contributed by atoms with Gasteiger partial charge in [-0.3, -0.25) is 0 Å². The van der Waals surface area contributed by atoms with E-state index in [4.69, 9.17) is 10.6 Å². The van der Waals surface area contributed by atoms with Crippen LogP contribution in [0.1, 0.15) is 32.8 Å². The fraction of sp³-hybridized carbons (Fsp3) is 0.385. The minimum absolute atomic E-state index is 0.0574. The van der Waals surface area contributed by atoms with Crippen molar-refractivity contribution in [1.29, 1.82) is 0 Å². The zero-order valence-electron chi connectivity index (χ0n) is 10.0. The Hall–Kier alpha value is -1.64. The second kappa shape index (κ2) is 3.74. The zero-order valence-corrected chi connectivity index (χ0v) is 10.0.